The molecule has 0 aromatic heterocycles. The van der Waals surface area contributed by atoms with Crippen LogP contribution in [0, 0.1) is 28.4 Å². The van der Waals surface area contributed by atoms with E-state index in [1.165, 1.54) is 25.1 Å². The van der Waals surface area contributed by atoms with Crippen molar-refractivity contribution < 1.29 is 13.3 Å². The number of benzene rings is 1. The normalized spacial score (nSPS) is 12.7. The van der Waals surface area contributed by atoms with Gasteiger partial charge in [-0.25, -0.2) is 13.1 Å². The van der Waals surface area contributed by atoms with E-state index >= 15 is 0 Å². The third kappa shape index (κ3) is 3.49. The largest absolute Gasteiger partial charge is 0.273 e. The van der Waals surface area contributed by atoms with Crippen LogP contribution in [0.2, 0.25) is 0 Å². The molecule has 1 atom stereocenters. The van der Waals surface area contributed by atoms with Gasteiger partial charge in [-0.3, -0.25) is 10.1 Å². The Balaban J connectivity index is 3.20. The number of nitriles is 1. The Bertz CT molecular complexity index is 634. The zero-order valence-corrected chi connectivity index (χ0v) is 11.3. The lowest BCUT2D eigenvalue weighted by molar-refractivity contribution is -0.385. The van der Waals surface area contributed by atoms with Crippen molar-refractivity contribution in [2.45, 2.75) is 31.2 Å². The van der Waals surface area contributed by atoms with E-state index in [-0.39, 0.29) is 22.6 Å². The average Bonchev–Trinajstić information content (AvgIpc) is 2.27. The molecule has 0 radical (unpaired) electrons. The second-order valence-electron chi connectivity index (χ2n) is 4.04. The van der Waals surface area contributed by atoms with Crippen LogP contribution in [0.4, 0.5) is 5.69 Å². The highest BCUT2D eigenvalue weighted by Crippen LogP contribution is 2.24. The first-order chi connectivity index (χ1) is 8.79. The van der Waals surface area contributed by atoms with Crippen LogP contribution in [0.5, 0.6) is 0 Å². The van der Waals surface area contributed by atoms with Gasteiger partial charge >= 0.3 is 0 Å². The van der Waals surface area contributed by atoms with Gasteiger partial charge < -0.3 is 0 Å². The molecule has 1 aromatic carbocycles. The predicted molar refractivity (Wildman–Crippen MR) is 67.8 cm³/mol. The predicted octanol–water partition coefficient (Wildman–Crippen LogP) is 1.48. The minimum absolute atomic E-state index is 0.0210. The van der Waals surface area contributed by atoms with Gasteiger partial charge in [0.15, 0.2) is 0 Å². The van der Waals surface area contributed by atoms with Crippen molar-refractivity contribution in [3.63, 3.8) is 0 Å². The molecule has 0 heterocycles. The molecule has 0 saturated carbocycles. The lowest BCUT2D eigenvalue weighted by atomic mass is 10.2. The Morgan fingerprint density at radius 2 is 2.16 bits per heavy atom. The fourth-order valence-electron chi connectivity index (χ4n) is 1.60. The summed E-state index contributed by atoms with van der Waals surface area (Å²) < 4.78 is 26.4. The minimum Gasteiger partial charge on any atom is -0.258 e. The number of nitro benzene ring substituents is 1. The standard InChI is InChI=1S/C11H13N3O4S/c1-8(6-7-12)13-19(17,18)11-5-3-4-10(9(11)2)14(15)16/h3-5,8,13H,6H2,1-2H3. The zero-order valence-electron chi connectivity index (χ0n) is 10.5. The number of rotatable bonds is 5. The van der Waals surface area contributed by atoms with Crippen LogP contribution in [0.15, 0.2) is 23.1 Å². The van der Waals surface area contributed by atoms with Gasteiger partial charge in [-0.1, -0.05) is 6.07 Å². The van der Waals surface area contributed by atoms with Gasteiger partial charge in [-0.2, -0.15) is 5.26 Å². The molecule has 0 aliphatic heterocycles. The Kier molecular flexibility index (Phi) is 4.58. The monoisotopic (exact) mass is 283 g/mol. The summed E-state index contributed by atoms with van der Waals surface area (Å²) in [5.41, 5.74) is -0.181. The lowest BCUT2D eigenvalue weighted by Crippen LogP contribution is -2.32. The van der Waals surface area contributed by atoms with Crippen LogP contribution >= 0.6 is 0 Å². The summed E-state index contributed by atoms with van der Waals surface area (Å²) in [4.78, 5) is 9.99. The number of hydrogen-bond acceptors (Lipinski definition) is 5. The van der Waals surface area contributed by atoms with Crippen LogP contribution in [-0.2, 0) is 10.0 Å². The molecule has 1 rings (SSSR count). The fourth-order valence-corrected chi connectivity index (χ4v) is 3.10. The third-order valence-corrected chi connectivity index (χ3v) is 4.23. The number of sulfonamides is 1. The van der Waals surface area contributed by atoms with Crippen LogP contribution in [0.1, 0.15) is 18.9 Å². The Morgan fingerprint density at radius 1 is 1.53 bits per heavy atom. The van der Waals surface area contributed by atoms with Gasteiger partial charge in [-0.05, 0) is 19.9 Å². The van der Waals surface area contributed by atoms with Crippen molar-refractivity contribution in [2.24, 2.45) is 0 Å². The SMILES string of the molecule is Cc1c([N+](=O)[O-])cccc1S(=O)(=O)NC(C)CC#N. The van der Waals surface area contributed by atoms with Crippen LogP contribution < -0.4 is 4.72 Å². The highest BCUT2D eigenvalue weighted by atomic mass is 32.2. The summed E-state index contributed by atoms with van der Waals surface area (Å²) in [5.74, 6) is 0. The second-order valence-corrected chi connectivity index (χ2v) is 5.72. The first kappa shape index (κ1) is 15.1. The molecule has 0 spiro atoms. The zero-order chi connectivity index (χ0) is 14.6. The van der Waals surface area contributed by atoms with E-state index < -0.39 is 21.0 Å². The van der Waals surface area contributed by atoms with E-state index in [0.717, 1.165) is 0 Å². The number of nitrogens with one attached hydrogen (secondary N) is 1. The van der Waals surface area contributed by atoms with E-state index in [1.54, 1.807) is 6.92 Å². The molecule has 0 aliphatic rings. The fraction of sp³-hybridized carbons (Fsp3) is 0.364. The highest BCUT2D eigenvalue weighted by molar-refractivity contribution is 7.89. The number of nitrogens with zero attached hydrogens (tertiary/aromatic N) is 2. The summed E-state index contributed by atoms with van der Waals surface area (Å²) in [6.45, 7) is 2.93. The Morgan fingerprint density at radius 3 is 2.68 bits per heavy atom. The van der Waals surface area contributed by atoms with Gasteiger partial charge in [0.1, 0.15) is 0 Å². The molecule has 0 bridgehead atoms. The average molecular weight is 283 g/mol. The molecule has 1 aromatic rings. The van der Waals surface area contributed by atoms with Crippen molar-refractivity contribution >= 4 is 15.7 Å². The molecular weight excluding hydrogens is 270 g/mol. The van der Waals surface area contributed by atoms with Gasteiger partial charge in [0.25, 0.3) is 5.69 Å². The van der Waals surface area contributed by atoms with Crippen LogP contribution in [0.3, 0.4) is 0 Å². The molecule has 102 valence electrons. The third-order valence-electron chi connectivity index (χ3n) is 2.50. The number of nitro groups is 1. The summed E-state index contributed by atoms with van der Waals surface area (Å²) >= 11 is 0. The highest BCUT2D eigenvalue weighted by Gasteiger charge is 2.24. The number of hydrogen-bond donors (Lipinski definition) is 1. The molecule has 0 saturated heterocycles. The molecule has 0 aliphatic carbocycles. The van der Waals surface area contributed by atoms with Gasteiger partial charge in [-0.15, -0.1) is 0 Å². The van der Waals surface area contributed by atoms with Crippen molar-refractivity contribution in [3.8, 4) is 6.07 Å². The molecule has 1 N–H and O–H groups in total. The Hall–Kier alpha value is -1.98. The lowest BCUT2D eigenvalue weighted by Gasteiger charge is -2.12. The summed E-state index contributed by atoms with van der Waals surface area (Å²) in [7, 11) is -3.87. The first-order valence-corrected chi connectivity index (χ1v) is 6.91. The molecule has 1 unspecified atom stereocenters. The van der Waals surface area contributed by atoms with Gasteiger partial charge in [0.05, 0.1) is 22.3 Å². The molecule has 0 fully saturated rings. The van der Waals surface area contributed by atoms with Crippen LogP contribution in [-0.4, -0.2) is 19.4 Å². The smallest absolute Gasteiger partial charge is 0.258 e. The van der Waals surface area contributed by atoms with E-state index in [0.29, 0.717) is 0 Å². The Labute approximate surface area is 111 Å². The molecule has 8 heteroatoms. The maximum atomic E-state index is 12.1. The maximum Gasteiger partial charge on any atom is 0.273 e. The van der Waals surface area contributed by atoms with E-state index in [9.17, 15) is 18.5 Å². The molecule has 0 amide bonds. The van der Waals surface area contributed by atoms with Crippen LogP contribution in [0.25, 0.3) is 0 Å². The molecule has 7 nitrogen and oxygen atoms in total. The molecule has 19 heavy (non-hydrogen) atoms. The van der Waals surface area contributed by atoms with E-state index in [4.69, 9.17) is 5.26 Å². The van der Waals surface area contributed by atoms with Gasteiger partial charge in [0, 0.05) is 17.7 Å². The van der Waals surface area contributed by atoms with E-state index in [1.807, 2.05) is 6.07 Å². The topological polar surface area (TPSA) is 113 Å². The minimum atomic E-state index is -3.87. The first-order valence-electron chi connectivity index (χ1n) is 5.43. The van der Waals surface area contributed by atoms with E-state index in [2.05, 4.69) is 4.72 Å². The van der Waals surface area contributed by atoms with Gasteiger partial charge in [0.2, 0.25) is 10.0 Å². The van der Waals surface area contributed by atoms with Crippen molar-refractivity contribution in [2.75, 3.05) is 0 Å². The summed E-state index contributed by atoms with van der Waals surface area (Å²) in [6.07, 6.45) is 0.0210. The second kappa shape index (κ2) is 5.77. The summed E-state index contributed by atoms with van der Waals surface area (Å²) in [6, 6.07) is 5.14. The quantitative estimate of drug-likeness (QED) is 0.649. The summed E-state index contributed by atoms with van der Waals surface area (Å²) in [5, 5.41) is 19.3. The molecular formula is C11H13N3O4S. The maximum absolute atomic E-state index is 12.1. The van der Waals surface area contributed by atoms with Crippen molar-refractivity contribution in [1.82, 2.24) is 4.72 Å². The van der Waals surface area contributed by atoms with Crippen molar-refractivity contribution in [3.05, 3.63) is 33.9 Å². The van der Waals surface area contributed by atoms with Crippen molar-refractivity contribution in [1.29, 1.82) is 5.26 Å².